The van der Waals surface area contributed by atoms with Crippen molar-refractivity contribution in [3.63, 3.8) is 0 Å². The van der Waals surface area contributed by atoms with E-state index in [-0.39, 0.29) is 18.3 Å². The summed E-state index contributed by atoms with van der Waals surface area (Å²) in [6, 6.07) is 0. The summed E-state index contributed by atoms with van der Waals surface area (Å²) in [7, 11) is 1.99. The van der Waals surface area contributed by atoms with Gasteiger partial charge in [0, 0.05) is 13.1 Å². The summed E-state index contributed by atoms with van der Waals surface area (Å²) in [4.78, 5) is 13.8. The number of amides is 1. The number of rotatable bonds is 6. The molecule has 0 radical (unpaired) electrons. The van der Waals surface area contributed by atoms with E-state index in [1.165, 1.54) is 12.8 Å². The van der Waals surface area contributed by atoms with Gasteiger partial charge < -0.3 is 10.6 Å². The second kappa shape index (κ2) is 9.68. The highest BCUT2D eigenvalue weighted by atomic mass is 35.5. The molecule has 5 heteroatoms. The molecule has 1 saturated heterocycles. The van der Waals surface area contributed by atoms with Crippen molar-refractivity contribution in [1.82, 2.24) is 15.5 Å². The van der Waals surface area contributed by atoms with Gasteiger partial charge in [-0.05, 0) is 45.3 Å². The average Bonchev–Trinajstić information content (AvgIpc) is 2.27. The number of halogens is 1. The standard InChI is InChI=1S/C12H25N3O.ClH/c1-3-6-14-12(16)10-15-7-4-5-11(9-15)8-13-2;/h11,13H,3-10H2,1-2H3,(H,14,16);1H. The van der Waals surface area contributed by atoms with Crippen LogP contribution >= 0.6 is 12.4 Å². The number of likely N-dealkylation sites (tertiary alicyclic amines) is 1. The van der Waals surface area contributed by atoms with Gasteiger partial charge in [0.25, 0.3) is 0 Å². The van der Waals surface area contributed by atoms with Crippen molar-refractivity contribution in [3.8, 4) is 0 Å². The first-order valence-corrected chi connectivity index (χ1v) is 6.40. The molecule has 1 rings (SSSR count). The lowest BCUT2D eigenvalue weighted by Gasteiger charge is -2.32. The van der Waals surface area contributed by atoms with Crippen LogP contribution in [0.2, 0.25) is 0 Å². The Morgan fingerprint density at radius 2 is 2.24 bits per heavy atom. The zero-order valence-electron chi connectivity index (χ0n) is 11.0. The highest BCUT2D eigenvalue weighted by molar-refractivity contribution is 5.85. The first kappa shape index (κ1) is 16.7. The van der Waals surface area contributed by atoms with Gasteiger partial charge >= 0.3 is 0 Å². The number of carbonyl (C=O) groups excluding carboxylic acids is 1. The Hall–Kier alpha value is -0.320. The summed E-state index contributed by atoms with van der Waals surface area (Å²) in [6.45, 7) is 6.63. The van der Waals surface area contributed by atoms with E-state index in [9.17, 15) is 4.79 Å². The summed E-state index contributed by atoms with van der Waals surface area (Å²) in [5.74, 6) is 0.879. The molecule has 1 atom stereocenters. The van der Waals surface area contributed by atoms with E-state index in [1.54, 1.807) is 0 Å². The van der Waals surface area contributed by atoms with Gasteiger partial charge in [-0.15, -0.1) is 12.4 Å². The minimum Gasteiger partial charge on any atom is -0.355 e. The number of nitrogens with zero attached hydrogens (tertiary/aromatic N) is 1. The van der Waals surface area contributed by atoms with Gasteiger partial charge in [0.05, 0.1) is 6.54 Å². The van der Waals surface area contributed by atoms with Gasteiger partial charge in [0.2, 0.25) is 5.91 Å². The van der Waals surface area contributed by atoms with Crippen LogP contribution in [0.3, 0.4) is 0 Å². The van der Waals surface area contributed by atoms with E-state index in [1.807, 2.05) is 7.05 Å². The van der Waals surface area contributed by atoms with Crippen molar-refractivity contribution in [2.45, 2.75) is 26.2 Å². The Kier molecular flexibility index (Phi) is 9.50. The smallest absolute Gasteiger partial charge is 0.234 e. The maximum Gasteiger partial charge on any atom is 0.234 e. The summed E-state index contributed by atoms with van der Waals surface area (Å²) in [6.07, 6.45) is 3.51. The van der Waals surface area contributed by atoms with Gasteiger partial charge in [-0.3, -0.25) is 9.69 Å². The number of piperidine rings is 1. The Bertz CT molecular complexity index is 212. The molecular formula is C12H26ClN3O. The molecule has 0 spiro atoms. The summed E-state index contributed by atoms with van der Waals surface area (Å²) in [5, 5.41) is 6.15. The molecule has 1 aliphatic rings. The molecule has 4 nitrogen and oxygen atoms in total. The maximum absolute atomic E-state index is 11.6. The third-order valence-corrected chi connectivity index (χ3v) is 3.04. The van der Waals surface area contributed by atoms with Crippen LogP contribution in [0.1, 0.15) is 26.2 Å². The molecule has 0 saturated carbocycles. The van der Waals surface area contributed by atoms with Gasteiger partial charge in [-0.1, -0.05) is 6.92 Å². The number of hydrogen-bond acceptors (Lipinski definition) is 3. The molecule has 1 amide bonds. The monoisotopic (exact) mass is 263 g/mol. The van der Waals surface area contributed by atoms with Crippen LogP contribution in [0.5, 0.6) is 0 Å². The number of carbonyl (C=O) groups is 1. The van der Waals surface area contributed by atoms with Gasteiger partial charge in [0.1, 0.15) is 0 Å². The van der Waals surface area contributed by atoms with Gasteiger partial charge in [0.15, 0.2) is 0 Å². The zero-order chi connectivity index (χ0) is 11.8. The summed E-state index contributed by atoms with van der Waals surface area (Å²) < 4.78 is 0. The predicted molar refractivity (Wildman–Crippen MR) is 73.6 cm³/mol. The van der Waals surface area contributed by atoms with Crippen molar-refractivity contribution in [3.05, 3.63) is 0 Å². The zero-order valence-corrected chi connectivity index (χ0v) is 11.8. The van der Waals surface area contributed by atoms with E-state index in [0.717, 1.165) is 32.6 Å². The van der Waals surface area contributed by atoms with Crippen LogP contribution in [0.25, 0.3) is 0 Å². The van der Waals surface area contributed by atoms with Crippen molar-refractivity contribution in [2.24, 2.45) is 5.92 Å². The van der Waals surface area contributed by atoms with Crippen molar-refractivity contribution in [1.29, 1.82) is 0 Å². The lowest BCUT2D eigenvalue weighted by atomic mass is 9.98. The average molecular weight is 264 g/mol. The maximum atomic E-state index is 11.6. The minimum atomic E-state index is 0. The normalized spacial score (nSPS) is 20.7. The highest BCUT2D eigenvalue weighted by Gasteiger charge is 2.20. The molecule has 1 heterocycles. The Labute approximate surface area is 111 Å². The van der Waals surface area contributed by atoms with Crippen molar-refractivity contribution in [2.75, 3.05) is 39.8 Å². The fourth-order valence-corrected chi connectivity index (χ4v) is 2.27. The Balaban J connectivity index is 0.00000256. The molecule has 2 N–H and O–H groups in total. The predicted octanol–water partition coefficient (Wildman–Crippen LogP) is 0.866. The van der Waals surface area contributed by atoms with Crippen LogP contribution in [0.15, 0.2) is 0 Å². The van der Waals surface area contributed by atoms with Crippen LogP contribution in [0.4, 0.5) is 0 Å². The van der Waals surface area contributed by atoms with Crippen LogP contribution < -0.4 is 10.6 Å². The third-order valence-electron chi connectivity index (χ3n) is 3.04. The molecule has 1 unspecified atom stereocenters. The Morgan fingerprint density at radius 3 is 2.88 bits per heavy atom. The first-order chi connectivity index (χ1) is 7.76. The molecule has 102 valence electrons. The van der Waals surface area contributed by atoms with E-state index < -0.39 is 0 Å². The molecule has 0 aromatic rings. The lowest BCUT2D eigenvalue weighted by molar-refractivity contribution is -0.122. The Morgan fingerprint density at radius 1 is 1.47 bits per heavy atom. The van der Waals surface area contributed by atoms with Crippen LogP contribution in [-0.2, 0) is 4.79 Å². The number of nitrogens with one attached hydrogen (secondary N) is 2. The second-order valence-corrected chi connectivity index (χ2v) is 4.65. The van der Waals surface area contributed by atoms with Gasteiger partial charge in [-0.2, -0.15) is 0 Å². The SMILES string of the molecule is CCCNC(=O)CN1CCCC(CNC)C1.Cl. The largest absolute Gasteiger partial charge is 0.355 e. The van der Waals surface area contributed by atoms with Crippen LogP contribution in [0, 0.1) is 5.92 Å². The fraction of sp³-hybridized carbons (Fsp3) is 0.917. The van der Waals surface area contributed by atoms with E-state index >= 15 is 0 Å². The molecule has 0 aliphatic carbocycles. The fourth-order valence-electron chi connectivity index (χ4n) is 2.27. The molecule has 0 aromatic carbocycles. The summed E-state index contributed by atoms with van der Waals surface area (Å²) in [5.41, 5.74) is 0. The van der Waals surface area contributed by atoms with Crippen molar-refractivity contribution >= 4 is 18.3 Å². The lowest BCUT2D eigenvalue weighted by Crippen LogP contribution is -2.44. The highest BCUT2D eigenvalue weighted by Crippen LogP contribution is 2.14. The number of hydrogen-bond donors (Lipinski definition) is 2. The molecule has 0 aromatic heterocycles. The first-order valence-electron chi connectivity index (χ1n) is 6.40. The summed E-state index contributed by atoms with van der Waals surface area (Å²) >= 11 is 0. The van der Waals surface area contributed by atoms with Crippen LogP contribution in [-0.4, -0.2) is 50.6 Å². The second-order valence-electron chi connectivity index (χ2n) is 4.65. The van der Waals surface area contributed by atoms with Crippen molar-refractivity contribution < 1.29 is 4.79 Å². The van der Waals surface area contributed by atoms with E-state index in [0.29, 0.717) is 12.5 Å². The molecule has 0 bridgehead atoms. The molecule has 1 aliphatic heterocycles. The molecule has 1 fully saturated rings. The van der Waals surface area contributed by atoms with E-state index in [2.05, 4.69) is 22.5 Å². The minimum absolute atomic E-state index is 0. The molecule has 17 heavy (non-hydrogen) atoms. The quantitative estimate of drug-likeness (QED) is 0.747. The van der Waals surface area contributed by atoms with E-state index in [4.69, 9.17) is 0 Å². The molecular weight excluding hydrogens is 238 g/mol. The van der Waals surface area contributed by atoms with Gasteiger partial charge in [-0.25, -0.2) is 0 Å². The third kappa shape index (κ3) is 6.86. The topological polar surface area (TPSA) is 44.4 Å².